The summed E-state index contributed by atoms with van der Waals surface area (Å²) in [7, 11) is 3.25. The van der Waals surface area contributed by atoms with Crippen LogP contribution in [0.1, 0.15) is 18.9 Å². The molecule has 0 aliphatic carbocycles. The van der Waals surface area contributed by atoms with E-state index in [2.05, 4.69) is 11.8 Å². The van der Waals surface area contributed by atoms with Crippen LogP contribution in [0.3, 0.4) is 0 Å². The number of nitrogen functional groups attached to an aromatic ring is 1. The van der Waals surface area contributed by atoms with Crippen molar-refractivity contribution in [3.05, 3.63) is 17.7 Å². The molecule has 20 heavy (non-hydrogen) atoms. The number of hydrogen-bond donors (Lipinski definition) is 2. The summed E-state index contributed by atoms with van der Waals surface area (Å²) in [4.78, 5) is 2.22. The molecule has 3 N–H and O–H groups in total. The Morgan fingerprint density at radius 2 is 1.95 bits per heavy atom. The third-order valence-electron chi connectivity index (χ3n) is 3.36. The van der Waals surface area contributed by atoms with Crippen LogP contribution in [0.25, 0.3) is 0 Å². The summed E-state index contributed by atoms with van der Waals surface area (Å²) in [5.74, 6) is 1.43. The second-order valence-electron chi connectivity index (χ2n) is 4.68. The maximum atomic E-state index is 8.98. The Morgan fingerprint density at radius 3 is 2.50 bits per heavy atom. The summed E-state index contributed by atoms with van der Waals surface area (Å²) in [5.41, 5.74) is 7.63. The van der Waals surface area contributed by atoms with Crippen LogP contribution in [-0.4, -0.2) is 50.5 Å². The smallest absolute Gasteiger partial charge is 0.164 e. The first-order valence-electron chi connectivity index (χ1n) is 6.99. The van der Waals surface area contributed by atoms with Crippen LogP contribution >= 0.6 is 0 Å². The molecule has 1 aromatic carbocycles. The van der Waals surface area contributed by atoms with Crippen molar-refractivity contribution < 1.29 is 14.6 Å². The molecule has 0 aromatic heterocycles. The highest BCUT2D eigenvalue weighted by molar-refractivity contribution is 5.57. The molecule has 0 bridgehead atoms. The largest absolute Gasteiger partial charge is 0.493 e. The molecule has 0 unspecified atom stereocenters. The van der Waals surface area contributed by atoms with Crippen LogP contribution in [0.2, 0.25) is 0 Å². The zero-order valence-electron chi connectivity index (χ0n) is 12.7. The van der Waals surface area contributed by atoms with Gasteiger partial charge in [0.15, 0.2) is 11.5 Å². The fourth-order valence-electron chi connectivity index (χ4n) is 2.32. The summed E-state index contributed by atoms with van der Waals surface area (Å²) in [6, 6.07) is 3.70. The molecule has 0 amide bonds. The maximum absolute atomic E-state index is 8.98. The molecular formula is C15H26N2O3. The van der Waals surface area contributed by atoms with Crippen LogP contribution in [0.5, 0.6) is 11.5 Å². The predicted molar refractivity (Wildman–Crippen MR) is 81.5 cm³/mol. The van der Waals surface area contributed by atoms with E-state index in [9.17, 15) is 0 Å². The quantitative estimate of drug-likeness (QED) is 0.672. The van der Waals surface area contributed by atoms with Gasteiger partial charge in [0.2, 0.25) is 0 Å². The summed E-state index contributed by atoms with van der Waals surface area (Å²) in [6.07, 6.45) is 1.85. The molecule has 0 aliphatic rings. The van der Waals surface area contributed by atoms with E-state index in [-0.39, 0.29) is 6.61 Å². The number of aryl methyl sites for hydroxylation is 1. The van der Waals surface area contributed by atoms with Gasteiger partial charge in [0.25, 0.3) is 0 Å². The lowest BCUT2D eigenvalue weighted by molar-refractivity contribution is 0.200. The van der Waals surface area contributed by atoms with Gasteiger partial charge >= 0.3 is 0 Å². The zero-order chi connectivity index (χ0) is 15.0. The first kappa shape index (κ1) is 16.6. The van der Waals surface area contributed by atoms with Gasteiger partial charge in [0, 0.05) is 23.9 Å². The molecule has 0 atom stereocenters. The van der Waals surface area contributed by atoms with E-state index in [1.165, 1.54) is 0 Å². The lowest BCUT2D eigenvalue weighted by Crippen LogP contribution is -2.28. The standard InChI is InChI=1S/C15H26N2O3/c1-4-17(8-9-18)7-5-6-12-10-13(16)11-14(19-2)15(12)20-3/h10-11,18H,4-9,16H2,1-3H3. The fourth-order valence-corrected chi connectivity index (χ4v) is 2.32. The Labute approximate surface area is 121 Å². The number of anilines is 1. The molecule has 1 aromatic rings. The number of nitrogens with two attached hydrogens (primary N) is 1. The monoisotopic (exact) mass is 282 g/mol. The van der Waals surface area contributed by atoms with Crippen molar-refractivity contribution in [3.8, 4) is 11.5 Å². The van der Waals surface area contributed by atoms with E-state index in [4.69, 9.17) is 20.3 Å². The van der Waals surface area contributed by atoms with E-state index in [0.717, 1.165) is 37.2 Å². The number of benzene rings is 1. The Bertz CT molecular complexity index is 410. The van der Waals surface area contributed by atoms with Crippen LogP contribution in [-0.2, 0) is 6.42 Å². The van der Waals surface area contributed by atoms with Crippen LogP contribution in [0.4, 0.5) is 5.69 Å². The van der Waals surface area contributed by atoms with Crippen LogP contribution < -0.4 is 15.2 Å². The van der Waals surface area contributed by atoms with Gasteiger partial charge in [-0.3, -0.25) is 0 Å². The normalized spacial score (nSPS) is 10.8. The van der Waals surface area contributed by atoms with Crippen molar-refractivity contribution in [2.45, 2.75) is 19.8 Å². The second kappa shape index (κ2) is 8.66. The predicted octanol–water partition coefficient (Wildman–Crippen LogP) is 1.53. The molecule has 0 fully saturated rings. The van der Waals surface area contributed by atoms with E-state index in [1.54, 1.807) is 20.3 Å². The minimum atomic E-state index is 0.198. The molecule has 1 rings (SSSR count). The van der Waals surface area contributed by atoms with E-state index >= 15 is 0 Å². The van der Waals surface area contributed by atoms with Gasteiger partial charge in [-0.1, -0.05) is 6.92 Å². The first-order chi connectivity index (χ1) is 9.65. The topological polar surface area (TPSA) is 68.0 Å². The van der Waals surface area contributed by atoms with Crippen LogP contribution in [0.15, 0.2) is 12.1 Å². The van der Waals surface area contributed by atoms with Crippen molar-refractivity contribution in [3.63, 3.8) is 0 Å². The van der Waals surface area contributed by atoms with Gasteiger partial charge < -0.3 is 25.2 Å². The van der Waals surface area contributed by atoms with Crippen molar-refractivity contribution in [1.29, 1.82) is 0 Å². The van der Waals surface area contributed by atoms with Gasteiger partial charge in [-0.2, -0.15) is 0 Å². The number of ether oxygens (including phenoxy) is 2. The van der Waals surface area contributed by atoms with Gasteiger partial charge in [-0.25, -0.2) is 0 Å². The molecule has 0 radical (unpaired) electrons. The highest BCUT2D eigenvalue weighted by Crippen LogP contribution is 2.34. The summed E-state index contributed by atoms with van der Waals surface area (Å²) in [6.45, 7) is 4.90. The van der Waals surface area contributed by atoms with E-state index in [1.807, 2.05) is 6.07 Å². The number of aliphatic hydroxyl groups excluding tert-OH is 1. The number of aliphatic hydroxyl groups is 1. The zero-order valence-corrected chi connectivity index (χ0v) is 12.7. The number of rotatable bonds is 9. The molecule has 0 saturated carbocycles. The Balaban J connectivity index is 2.69. The number of hydrogen-bond acceptors (Lipinski definition) is 5. The first-order valence-corrected chi connectivity index (χ1v) is 6.99. The Kier molecular flexibility index (Phi) is 7.18. The highest BCUT2D eigenvalue weighted by Gasteiger charge is 2.12. The van der Waals surface area contributed by atoms with Gasteiger partial charge in [-0.15, -0.1) is 0 Å². The van der Waals surface area contributed by atoms with Crippen molar-refractivity contribution in [1.82, 2.24) is 4.90 Å². The molecule has 0 saturated heterocycles. The van der Waals surface area contributed by atoms with Gasteiger partial charge in [0.05, 0.1) is 20.8 Å². The Hall–Kier alpha value is -1.46. The molecular weight excluding hydrogens is 256 g/mol. The summed E-state index contributed by atoms with van der Waals surface area (Å²) >= 11 is 0. The lowest BCUT2D eigenvalue weighted by atomic mass is 10.1. The SMILES string of the molecule is CCN(CCO)CCCc1cc(N)cc(OC)c1OC. The van der Waals surface area contributed by atoms with Crippen molar-refractivity contribution in [2.75, 3.05) is 46.2 Å². The third-order valence-corrected chi connectivity index (χ3v) is 3.36. The van der Waals surface area contributed by atoms with Crippen molar-refractivity contribution >= 4 is 5.69 Å². The summed E-state index contributed by atoms with van der Waals surface area (Å²) < 4.78 is 10.7. The highest BCUT2D eigenvalue weighted by atomic mass is 16.5. The minimum absolute atomic E-state index is 0.198. The number of nitrogens with zero attached hydrogens (tertiary/aromatic N) is 1. The molecule has 5 heteroatoms. The van der Waals surface area contributed by atoms with Crippen LogP contribution in [0, 0.1) is 0 Å². The molecule has 5 nitrogen and oxygen atoms in total. The third kappa shape index (κ3) is 4.58. The van der Waals surface area contributed by atoms with Gasteiger partial charge in [-0.05, 0) is 32.0 Å². The van der Waals surface area contributed by atoms with Crippen molar-refractivity contribution in [2.24, 2.45) is 0 Å². The lowest BCUT2D eigenvalue weighted by Gasteiger charge is -2.19. The second-order valence-corrected chi connectivity index (χ2v) is 4.68. The average Bonchev–Trinajstić information content (AvgIpc) is 2.45. The fraction of sp³-hybridized carbons (Fsp3) is 0.600. The Morgan fingerprint density at radius 1 is 1.20 bits per heavy atom. The van der Waals surface area contributed by atoms with E-state index in [0.29, 0.717) is 18.0 Å². The van der Waals surface area contributed by atoms with Gasteiger partial charge in [0.1, 0.15) is 0 Å². The number of methoxy groups -OCH3 is 2. The maximum Gasteiger partial charge on any atom is 0.164 e. The average molecular weight is 282 g/mol. The molecule has 114 valence electrons. The molecule has 0 heterocycles. The van der Waals surface area contributed by atoms with E-state index < -0.39 is 0 Å². The molecule has 0 aliphatic heterocycles. The number of likely N-dealkylation sites (N-methyl/N-ethyl adjacent to an activating group) is 1. The minimum Gasteiger partial charge on any atom is -0.493 e. The molecule has 0 spiro atoms. The summed E-state index contributed by atoms with van der Waals surface area (Å²) in [5, 5.41) is 8.98.